The number of furan rings is 1. The van der Waals surface area contributed by atoms with Crippen LogP contribution in [0, 0.1) is 0 Å². The van der Waals surface area contributed by atoms with Crippen LogP contribution in [0.4, 0.5) is 0 Å². The molecule has 0 aliphatic heterocycles. The van der Waals surface area contributed by atoms with Crippen LogP contribution < -0.4 is 5.43 Å². The fraction of sp³-hybridized carbons (Fsp3) is 0. The molecule has 0 unspecified atom stereocenters. The number of carbonyl (C=O) groups excluding carboxylic acids is 1. The number of halogens is 1. The third-order valence-corrected chi connectivity index (χ3v) is 3.41. The predicted octanol–water partition coefficient (Wildman–Crippen LogP) is 3.60. The molecule has 1 N–H and O–H groups in total. The van der Waals surface area contributed by atoms with Gasteiger partial charge < -0.3 is 8.98 Å². The van der Waals surface area contributed by atoms with E-state index in [0.717, 1.165) is 5.69 Å². The monoisotopic (exact) mass is 357 g/mol. The van der Waals surface area contributed by atoms with E-state index in [1.165, 1.54) is 6.21 Å². The Bertz CT molecular complexity index is 806. The number of rotatable bonds is 4. The van der Waals surface area contributed by atoms with E-state index in [1.807, 2.05) is 47.3 Å². The first kappa shape index (κ1) is 14.3. The minimum Gasteiger partial charge on any atom is -0.448 e. The smallest absolute Gasteiger partial charge is 0.273 e. The van der Waals surface area contributed by atoms with Gasteiger partial charge in [-0.05, 0) is 52.3 Å². The van der Waals surface area contributed by atoms with Crippen LogP contribution in [0.15, 0.2) is 75.1 Å². The van der Waals surface area contributed by atoms with Crippen LogP contribution in [-0.2, 0) is 0 Å². The van der Waals surface area contributed by atoms with Gasteiger partial charge in [-0.3, -0.25) is 4.79 Å². The third-order valence-electron chi connectivity index (χ3n) is 2.98. The summed E-state index contributed by atoms with van der Waals surface area (Å²) in [6.45, 7) is 0. The molecule has 3 rings (SSSR count). The number of aromatic nitrogens is 1. The second-order valence-electron chi connectivity index (χ2n) is 4.45. The van der Waals surface area contributed by atoms with Crippen molar-refractivity contribution in [1.82, 2.24) is 9.99 Å². The zero-order chi connectivity index (χ0) is 15.4. The molecule has 2 aromatic heterocycles. The molecular weight excluding hydrogens is 346 g/mol. The van der Waals surface area contributed by atoms with E-state index < -0.39 is 0 Å². The lowest BCUT2D eigenvalue weighted by atomic mass is 10.1. The quantitative estimate of drug-likeness (QED) is 0.572. The Morgan fingerprint density at radius 2 is 1.91 bits per heavy atom. The van der Waals surface area contributed by atoms with E-state index in [-0.39, 0.29) is 5.91 Å². The second kappa shape index (κ2) is 6.44. The highest BCUT2D eigenvalue weighted by Gasteiger charge is 2.10. The molecule has 0 atom stereocenters. The molecule has 3 aromatic rings. The van der Waals surface area contributed by atoms with Gasteiger partial charge in [0.2, 0.25) is 0 Å². The summed E-state index contributed by atoms with van der Waals surface area (Å²) in [5, 5.41) is 3.91. The summed E-state index contributed by atoms with van der Waals surface area (Å²) in [7, 11) is 0. The molecule has 5 nitrogen and oxygen atoms in total. The highest BCUT2D eigenvalue weighted by Crippen LogP contribution is 2.15. The first-order valence-electron chi connectivity index (χ1n) is 6.55. The number of nitrogens with one attached hydrogen (secondary N) is 1. The second-order valence-corrected chi connectivity index (χ2v) is 5.23. The number of hydrazone groups is 1. The highest BCUT2D eigenvalue weighted by atomic mass is 79.9. The molecule has 0 aliphatic rings. The summed E-state index contributed by atoms with van der Waals surface area (Å²) in [5.41, 5.74) is 3.83. The standard InChI is InChI=1S/C16H12BrN3O2/c17-15-8-7-12(22-15)11-18-19-16(21)13-5-1-2-6-14(13)20-9-3-4-10-20/h1-11H,(H,19,21). The largest absolute Gasteiger partial charge is 0.448 e. The lowest BCUT2D eigenvalue weighted by Crippen LogP contribution is -2.19. The fourth-order valence-electron chi connectivity index (χ4n) is 2.00. The van der Waals surface area contributed by atoms with Crippen LogP contribution in [0.2, 0.25) is 0 Å². The normalized spacial score (nSPS) is 11.0. The van der Waals surface area contributed by atoms with Gasteiger partial charge >= 0.3 is 0 Å². The Morgan fingerprint density at radius 1 is 1.14 bits per heavy atom. The lowest BCUT2D eigenvalue weighted by Gasteiger charge is -2.08. The van der Waals surface area contributed by atoms with Crippen LogP contribution in [0.5, 0.6) is 0 Å². The molecule has 6 heteroatoms. The Hall–Kier alpha value is -2.60. The van der Waals surface area contributed by atoms with Crippen LogP contribution in [0.3, 0.4) is 0 Å². The Kier molecular flexibility index (Phi) is 4.20. The predicted molar refractivity (Wildman–Crippen MR) is 87.2 cm³/mol. The van der Waals surface area contributed by atoms with Gasteiger partial charge in [-0.1, -0.05) is 12.1 Å². The number of amides is 1. The first-order chi connectivity index (χ1) is 10.7. The van der Waals surface area contributed by atoms with E-state index in [0.29, 0.717) is 16.0 Å². The van der Waals surface area contributed by atoms with Crippen molar-refractivity contribution in [2.45, 2.75) is 0 Å². The van der Waals surface area contributed by atoms with Crippen molar-refractivity contribution in [3.8, 4) is 5.69 Å². The summed E-state index contributed by atoms with van der Waals surface area (Å²) in [4.78, 5) is 12.3. The average Bonchev–Trinajstić information content (AvgIpc) is 3.19. The van der Waals surface area contributed by atoms with E-state index in [9.17, 15) is 4.79 Å². The SMILES string of the molecule is O=C(NN=Cc1ccc(Br)o1)c1ccccc1-n1cccc1. The third kappa shape index (κ3) is 3.17. The number of hydrogen-bond acceptors (Lipinski definition) is 3. The van der Waals surface area contributed by atoms with Gasteiger partial charge in [0.15, 0.2) is 4.67 Å². The summed E-state index contributed by atoms with van der Waals surface area (Å²) in [6, 6.07) is 14.6. The minimum atomic E-state index is -0.286. The Labute approximate surface area is 135 Å². The number of hydrogen-bond donors (Lipinski definition) is 1. The molecule has 2 heterocycles. The minimum absolute atomic E-state index is 0.286. The van der Waals surface area contributed by atoms with Crippen molar-refractivity contribution in [2.75, 3.05) is 0 Å². The maximum Gasteiger partial charge on any atom is 0.273 e. The molecule has 0 saturated carbocycles. The number of nitrogens with zero attached hydrogens (tertiary/aromatic N) is 2. The van der Waals surface area contributed by atoms with Gasteiger partial charge in [0.1, 0.15) is 5.76 Å². The molecule has 22 heavy (non-hydrogen) atoms. The van der Waals surface area contributed by atoms with E-state index >= 15 is 0 Å². The van der Waals surface area contributed by atoms with Crippen LogP contribution >= 0.6 is 15.9 Å². The van der Waals surface area contributed by atoms with Crippen LogP contribution in [-0.4, -0.2) is 16.7 Å². The average molecular weight is 358 g/mol. The maximum atomic E-state index is 12.3. The first-order valence-corrected chi connectivity index (χ1v) is 7.34. The number of para-hydroxylation sites is 1. The van der Waals surface area contributed by atoms with Gasteiger partial charge in [-0.2, -0.15) is 5.10 Å². The molecule has 0 saturated heterocycles. The maximum absolute atomic E-state index is 12.3. The molecule has 1 amide bonds. The number of benzene rings is 1. The number of carbonyl (C=O) groups is 1. The van der Waals surface area contributed by atoms with Crippen molar-refractivity contribution in [3.05, 3.63) is 76.9 Å². The molecule has 0 spiro atoms. The van der Waals surface area contributed by atoms with Gasteiger partial charge in [-0.25, -0.2) is 5.43 Å². The molecule has 0 radical (unpaired) electrons. The van der Waals surface area contributed by atoms with E-state index in [1.54, 1.807) is 18.2 Å². The van der Waals surface area contributed by atoms with Crippen molar-refractivity contribution >= 4 is 28.1 Å². The van der Waals surface area contributed by atoms with Gasteiger partial charge in [0, 0.05) is 12.4 Å². The fourth-order valence-corrected chi connectivity index (χ4v) is 2.32. The topological polar surface area (TPSA) is 59.5 Å². The van der Waals surface area contributed by atoms with Crippen LogP contribution in [0.1, 0.15) is 16.1 Å². The molecular formula is C16H12BrN3O2. The Morgan fingerprint density at radius 3 is 2.64 bits per heavy atom. The van der Waals surface area contributed by atoms with Gasteiger partial charge in [0.05, 0.1) is 17.5 Å². The molecule has 0 bridgehead atoms. The van der Waals surface area contributed by atoms with E-state index in [4.69, 9.17) is 4.42 Å². The summed E-state index contributed by atoms with van der Waals surface area (Å²) >= 11 is 3.20. The van der Waals surface area contributed by atoms with Gasteiger partial charge in [-0.15, -0.1) is 0 Å². The van der Waals surface area contributed by atoms with Crippen molar-refractivity contribution in [1.29, 1.82) is 0 Å². The van der Waals surface area contributed by atoms with E-state index in [2.05, 4.69) is 26.5 Å². The van der Waals surface area contributed by atoms with Crippen molar-refractivity contribution < 1.29 is 9.21 Å². The van der Waals surface area contributed by atoms with Crippen molar-refractivity contribution in [2.24, 2.45) is 5.10 Å². The zero-order valence-electron chi connectivity index (χ0n) is 11.4. The summed E-state index contributed by atoms with van der Waals surface area (Å²) < 4.78 is 7.75. The highest BCUT2D eigenvalue weighted by molar-refractivity contribution is 9.10. The lowest BCUT2D eigenvalue weighted by molar-refractivity contribution is 0.0955. The molecule has 110 valence electrons. The summed E-state index contributed by atoms with van der Waals surface area (Å²) in [5.74, 6) is 0.261. The van der Waals surface area contributed by atoms with Gasteiger partial charge in [0.25, 0.3) is 5.91 Å². The molecule has 1 aromatic carbocycles. The molecule has 0 aliphatic carbocycles. The Balaban J connectivity index is 1.77. The molecule has 0 fully saturated rings. The van der Waals surface area contributed by atoms with Crippen LogP contribution in [0.25, 0.3) is 5.69 Å². The summed E-state index contributed by atoms with van der Waals surface area (Å²) in [6.07, 6.45) is 5.21. The van der Waals surface area contributed by atoms with Crippen molar-refractivity contribution in [3.63, 3.8) is 0 Å². The zero-order valence-corrected chi connectivity index (χ0v) is 13.0.